The van der Waals surface area contributed by atoms with Crippen LogP contribution in [0.3, 0.4) is 0 Å². The van der Waals surface area contributed by atoms with Crippen LogP contribution in [0.15, 0.2) is 89.9 Å². The summed E-state index contributed by atoms with van der Waals surface area (Å²) in [7, 11) is 0. The topological polar surface area (TPSA) is 80.8 Å². The number of carboxylic acid groups (broad SMARTS) is 1. The molecule has 0 saturated heterocycles. The van der Waals surface area contributed by atoms with Crippen LogP contribution in [0.1, 0.15) is 43.6 Å². The third-order valence-electron chi connectivity index (χ3n) is 8.13. The van der Waals surface area contributed by atoms with E-state index in [0.717, 1.165) is 65.0 Å². The first-order chi connectivity index (χ1) is 21.8. The van der Waals surface area contributed by atoms with Crippen molar-refractivity contribution in [2.75, 3.05) is 41.7 Å². The molecule has 238 valence electrons. The van der Waals surface area contributed by atoms with Crippen molar-refractivity contribution in [2.24, 2.45) is 0 Å². The molecule has 3 aromatic rings. The number of anilines is 3. The lowest BCUT2D eigenvalue weighted by Gasteiger charge is -2.22. The van der Waals surface area contributed by atoms with E-state index < -0.39 is 5.97 Å². The molecule has 0 spiro atoms. The lowest BCUT2D eigenvalue weighted by molar-refractivity contribution is -0.0000248. The predicted octanol–water partition coefficient (Wildman–Crippen LogP) is 5.02. The van der Waals surface area contributed by atoms with Gasteiger partial charge in [0.15, 0.2) is 5.11 Å². The van der Waals surface area contributed by atoms with Crippen LogP contribution in [-0.2, 0) is 0 Å². The van der Waals surface area contributed by atoms with Crippen molar-refractivity contribution in [1.82, 2.24) is 4.58 Å². The second-order valence-corrected chi connectivity index (χ2v) is 11.1. The van der Waals surface area contributed by atoms with Crippen LogP contribution in [0.5, 0.6) is 0 Å². The minimum atomic E-state index is -1.03. The van der Waals surface area contributed by atoms with Crippen molar-refractivity contribution in [2.45, 2.75) is 27.7 Å². The van der Waals surface area contributed by atoms with Crippen LogP contribution in [0, 0.1) is 0 Å². The first-order valence-electron chi connectivity index (χ1n) is 15.3. The van der Waals surface area contributed by atoms with Crippen molar-refractivity contribution in [1.29, 1.82) is 0 Å². The Bertz CT molecular complexity index is 1920. The second-order valence-electron chi connectivity index (χ2n) is 10.7. The van der Waals surface area contributed by atoms with E-state index in [1.54, 1.807) is 12.1 Å². The van der Waals surface area contributed by atoms with Crippen molar-refractivity contribution < 1.29 is 26.7 Å². The maximum absolute atomic E-state index is 12.8. The fourth-order valence-corrected chi connectivity index (χ4v) is 5.98. The summed E-state index contributed by atoms with van der Waals surface area (Å²) in [5, 5.41) is 19.0. The smallest absolute Gasteiger partial charge is 0.336 e. The summed E-state index contributed by atoms with van der Waals surface area (Å²) in [6.45, 7) is 15.7. The number of hydrogen-bond donors (Lipinski definition) is 3. The average Bonchev–Trinajstić information content (AvgIpc) is 3.05. The van der Waals surface area contributed by atoms with E-state index in [4.69, 9.17) is 16.6 Å². The molecule has 3 N–H and O–H groups in total. The van der Waals surface area contributed by atoms with E-state index in [1.807, 2.05) is 48.5 Å². The number of rotatable bonds is 10. The van der Waals surface area contributed by atoms with Gasteiger partial charge in [-0.25, -0.2) is 9.37 Å². The van der Waals surface area contributed by atoms with Crippen LogP contribution in [0.25, 0.3) is 39.5 Å². The third kappa shape index (κ3) is 7.09. The van der Waals surface area contributed by atoms with Gasteiger partial charge in [-0.3, -0.25) is 0 Å². The molecule has 1 aliphatic carbocycles. The quantitative estimate of drug-likeness (QED) is 0.111. The molecule has 5 rings (SSSR count). The number of halogens is 1. The van der Waals surface area contributed by atoms with E-state index in [0.29, 0.717) is 27.7 Å². The van der Waals surface area contributed by atoms with Crippen molar-refractivity contribution in [3.05, 3.63) is 102 Å². The Hall–Kier alpha value is -4.66. The first-order valence-corrected chi connectivity index (χ1v) is 15.7. The molecule has 1 aliphatic heterocycles. The van der Waals surface area contributed by atoms with Gasteiger partial charge in [0.2, 0.25) is 5.36 Å². The SMILES string of the molecule is C=Cc1ccc(NC(=S)Nc2ccc(-c3c4ccc(=[N+](CC)CC)cc-4oc4cc(N(CC)CC)ccc34)c(C(=O)O)c2)cc1.[Cl-]. The van der Waals surface area contributed by atoms with Gasteiger partial charge in [-0.1, -0.05) is 30.9 Å². The van der Waals surface area contributed by atoms with Crippen LogP contribution < -0.4 is 37.9 Å². The normalized spacial score (nSPS) is 10.7. The number of thiocarbonyl (C=S) groups is 1. The molecular weight excluding hydrogens is 616 g/mol. The molecule has 0 fully saturated rings. The molecular formula is C37H39ClN4O3S. The Morgan fingerprint density at radius 3 is 2.17 bits per heavy atom. The molecule has 0 unspecified atom stereocenters. The number of carboxylic acids is 1. The number of fused-ring (bicyclic) bond motifs is 2. The van der Waals surface area contributed by atoms with Crippen molar-refractivity contribution >= 4 is 57.4 Å². The molecule has 2 aliphatic rings. The molecule has 0 atom stereocenters. The molecule has 0 aromatic heterocycles. The molecule has 46 heavy (non-hydrogen) atoms. The van der Waals surface area contributed by atoms with Gasteiger partial charge >= 0.3 is 5.97 Å². The van der Waals surface area contributed by atoms with E-state index in [9.17, 15) is 9.90 Å². The molecule has 7 nitrogen and oxygen atoms in total. The Kier molecular flexibility index (Phi) is 11.2. The maximum Gasteiger partial charge on any atom is 0.336 e. The molecule has 9 heteroatoms. The van der Waals surface area contributed by atoms with Crippen molar-refractivity contribution in [3.8, 4) is 22.5 Å². The third-order valence-corrected chi connectivity index (χ3v) is 8.33. The Morgan fingerprint density at radius 2 is 1.54 bits per heavy atom. The minimum absolute atomic E-state index is 0. The van der Waals surface area contributed by atoms with Gasteiger partial charge in [0.1, 0.15) is 24.4 Å². The van der Waals surface area contributed by atoms with Gasteiger partial charge < -0.3 is 37.5 Å². The highest BCUT2D eigenvalue weighted by Crippen LogP contribution is 2.42. The zero-order valence-electron chi connectivity index (χ0n) is 26.6. The van der Waals surface area contributed by atoms with E-state index >= 15 is 0 Å². The zero-order chi connectivity index (χ0) is 32.1. The molecule has 0 radical (unpaired) electrons. The fourth-order valence-electron chi connectivity index (χ4n) is 5.74. The summed E-state index contributed by atoms with van der Waals surface area (Å²) in [6.07, 6.45) is 1.77. The van der Waals surface area contributed by atoms with Gasteiger partial charge in [0, 0.05) is 58.8 Å². The first kappa shape index (κ1) is 34.2. The monoisotopic (exact) mass is 654 g/mol. The molecule has 0 amide bonds. The Labute approximate surface area is 281 Å². The number of nitrogens with zero attached hydrogens (tertiary/aromatic N) is 2. The van der Waals surface area contributed by atoms with E-state index in [-0.39, 0.29) is 18.0 Å². The summed E-state index contributed by atoms with van der Waals surface area (Å²) in [5.74, 6) is -0.334. The Balaban J connectivity index is 0.00000480. The molecule has 0 saturated carbocycles. The summed E-state index contributed by atoms with van der Waals surface area (Å²) in [4.78, 5) is 15.0. The predicted molar refractivity (Wildman–Crippen MR) is 192 cm³/mol. The molecule has 1 heterocycles. The van der Waals surface area contributed by atoms with Crippen molar-refractivity contribution in [3.63, 3.8) is 0 Å². The summed E-state index contributed by atoms with van der Waals surface area (Å²) in [6, 6.07) is 25.3. The lowest BCUT2D eigenvalue weighted by atomic mass is 9.90. The number of hydrogen-bond acceptors (Lipinski definition) is 4. The Morgan fingerprint density at radius 1 is 0.891 bits per heavy atom. The van der Waals surface area contributed by atoms with Gasteiger partial charge in [-0.2, -0.15) is 0 Å². The minimum Gasteiger partial charge on any atom is -1.00 e. The largest absolute Gasteiger partial charge is 1.00 e. The summed E-state index contributed by atoms with van der Waals surface area (Å²) in [5.41, 5.74) is 6.56. The summed E-state index contributed by atoms with van der Waals surface area (Å²) < 4.78 is 8.83. The van der Waals surface area contributed by atoms with Crippen LogP contribution in [0.4, 0.5) is 17.1 Å². The highest BCUT2D eigenvalue weighted by molar-refractivity contribution is 7.80. The van der Waals surface area contributed by atoms with Gasteiger partial charge in [0.25, 0.3) is 0 Å². The zero-order valence-corrected chi connectivity index (χ0v) is 28.1. The van der Waals surface area contributed by atoms with Crippen LogP contribution in [-0.4, -0.2) is 42.4 Å². The average molecular weight is 655 g/mol. The second kappa shape index (κ2) is 15.1. The number of aromatic carboxylic acids is 1. The van der Waals surface area contributed by atoms with Crippen LogP contribution in [0.2, 0.25) is 0 Å². The van der Waals surface area contributed by atoms with Gasteiger partial charge in [-0.05, 0) is 93.5 Å². The van der Waals surface area contributed by atoms with Gasteiger partial charge in [-0.15, -0.1) is 0 Å². The lowest BCUT2D eigenvalue weighted by Crippen LogP contribution is -3.00. The number of carbonyl (C=O) groups is 1. The molecule has 3 aromatic carbocycles. The fraction of sp³-hybridized carbons (Fsp3) is 0.216. The number of nitrogens with one attached hydrogen (secondary N) is 2. The molecule has 0 bridgehead atoms. The van der Waals surface area contributed by atoms with Gasteiger partial charge in [0.05, 0.1) is 11.6 Å². The van der Waals surface area contributed by atoms with E-state index in [1.165, 1.54) is 0 Å². The van der Waals surface area contributed by atoms with E-state index in [2.05, 4.69) is 78.6 Å². The maximum atomic E-state index is 12.8. The standard InChI is InChI=1S/C37H38N4O3S.ClH/c1-6-24-11-13-25(14-12-24)38-37(45)39-26-15-18-29(32(21-26)36(42)43)35-30-19-16-27(40(7-2)8-3)22-33(30)44-34-23-28(17-20-31(34)35)41(9-4)10-5;/h6,11-23H,1,7-10H2,2-5H3,(H2,38,42,43,45);1H. The van der Waals surface area contributed by atoms with Crippen LogP contribution >= 0.6 is 12.2 Å². The summed E-state index contributed by atoms with van der Waals surface area (Å²) >= 11 is 5.54. The number of benzene rings is 4. The highest BCUT2D eigenvalue weighted by atomic mass is 35.5. The highest BCUT2D eigenvalue weighted by Gasteiger charge is 2.23.